The number of nitrogens with one attached hydrogen (secondary N) is 1. The fraction of sp³-hybridized carbons (Fsp3) is 0.250. The van der Waals surface area contributed by atoms with Gasteiger partial charge in [-0.25, -0.2) is 0 Å². The number of halogens is 3. The molecule has 0 bridgehead atoms. The Balaban J connectivity index is 1.69. The summed E-state index contributed by atoms with van der Waals surface area (Å²) in [4.78, 5) is 12.1. The van der Waals surface area contributed by atoms with Gasteiger partial charge in [0.2, 0.25) is 5.91 Å². The number of carbonyl (C=O) groups is 1. The summed E-state index contributed by atoms with van der Waals surface area (Å²) in [6.45, 7) is 3.81. The standard InChI is InChI=1S/C20H18F3N3OS/c1-12-6-8-15(9-7-12)13(2)25-26-19-24-18(27)17(28-19)11-14-4-3-5-16(10-14)20(21,22)23/h3-10,17H,11H2,1-2H3,(H,24,26,27). The van der Waals surface area contributed by atoms with Crippen molar-refractivity contribution in [2.75, 3.05) is 0 Å². The van der Waals surface area contributed by atoms with Gasteiger partial charge in [-0.15, -0.1) is 5.10 Å². The second-order valence-corrected chi connectivity index (χ2v) is 7.65. The molecule has 0 radical (unpaired) electrons. The van der Waals surface area contributed by atoms with Crippen LogP contribution in [-0.2, 0) is 17.4 Å². The number of benzene rings is 2. The number of rotatable bonds is 4. The van der Waals surface area contributed by atoms with Crippen molar-refractivity contribution in [2.45, 2.75) is 31.7 Å². The van der Waals surface area contributed by atoms with E-state index in [0.29, 0.717) is 16.4 Å². The van der Waals surface area contributed by atoms with Crippen LogP contribution < -0.4 is 5.32 Å². The molecule has 1 amide bonds. The number of hydrogen-bond donors (Lipinski definition) is 1. The molecule has 3 rings (SSSR count). The van der Waals surface area contributed by atoms with Crippen LogP contribution in [0.25, 0.3) is 0 Å². The van der Waals surface area contributed by atoms with Crippen molar-refractivity contribution in [3.05, 3.63) is 70.8 Å². The highest BCUT2D eigenvalue weighted by molar-refractivity contribution is 8.15. The van der Waals surface area contributed by atoms with Crippen molar-refractivity contribution >= 4 is 28.5 Å². The first-order valence-electron chi connectivity index (χ1n) is 8.55. The highest BCUT2D eigenvalue weighted by Crippen LogP contribution is 2.31. The quantitative estimate of drug-likeness (QED) is 0.599. The smallest absolute Gasteiger partial charge is 0.303 e. The van der Waals surface area contributed by atoms with Crippen molar-refractivity contribution in [3.63, 3.8) is 0 Å². The third-order valence-electron chi connectivity index (χ3n) is 4.21. The van der Waals surface area contributed by atoms with Crippen LogP contribution >= 0.6 is 11.8 Å². The Morgan fingerprint density at radius 2 is 1.89 bits per heavy atom. The summed E-state index contributed by atoms with van der Waals surface area (Å²) in [6, 6.07) is 12.8. The molecule has 146 valence electrons. The summed E-state index contributed by atoms with van der Waals surface area (Å²) in [5, 5.41) is 10.7. The van der Waals surface area contributed by atoms with Crippen LogP contribution in [0, 0.1) is 6.92 Å². The minimum Gasteiger partial charge on any atom is -0.303 e. The third-order valence-corrected chi connectivity index (χ3v) is 5.28. The van der Waals surface area contributed by atoms with Gasteiger partial charge in [0.15, 0.2) is 5.17 Å². The molecule has 1 saturated heterocycles. The number of carbonyl (C=O) groups excluding carboxylic acids is 1. The summed E-state index contributed by atoms with van der Waals surface area (Å²) in [5.41, 5.74) is 2.48. The van der Waals surface area contributed by atoms with Crippen LogP contribution in [0.1, 0.15) is 29.2 Å². The Bertz CT molecular complexity index is 936. The van der Waals surface area contributed by atoms with Crippen LogP contribution in [0.15, 0.2) is 58.7 Å². The Kier molecular flexibility index (Phi) is 5.88. The normalized spacial score (nSPS) is 19.2. The lowest BCUT2D eigenvalue weighted by Gasteiger charge is -2.10. The zero-order chi connectivity index (χ0) is 20.3. The van der Waals surface area contributed by atoms with E-state index in [1.165, 1.54) is 17.8 Å². The molecular weight excluding hydrogens is 387 g/mol. The highest BCUT2D eigenvalue weighted by atomic mass is 32.2. The molecule has 0 aliphatic carbocycles. The lowest BCUT2D eigenvalue weighted by Crippen LogP contribution is -2.26. The molecule has 4 nitrogen and oxygen atoms in total. The minimum absolute atomic E-state index is 0.181. The lowest BCUT2D eigenvalue weighted by atomic mass is 10.1. The summed E-state index contributed by atoms with van der Waals surface area (Å²) in [6.07, 6.45) is -4.23. The first kappa shape index (κ1) is 20.1. The van der Waals surface area contributed by atoms with Gasteiger partial charge >= 0.3 is 6.18 Å². The van der Waals surface area contributed by atoms with Gasteiger partial charge in [0.05, 0.1) is 16.5 Å². The fourth-order valence-electron chi connectivity index (χ4n) is 2.65. The number of hydrogen-bond acceptors (Lipinski definition) is 4. The highest BCUT2D eigenvalue weighted by Gasteiger charge is 2.33. The average molecular weight is 405 g/mol. The summed E-state index contributed by atoms with van der Waals surface area (Å²) in [5.74, 6) is -0.288. The molecule has 0 spiro atoms. The van der Waals surface area contributed by atoms with Crippen LogP contribution in [0.5, 0.6) is 0 Å². The fourth-order valence-corrected chi connectivity index (χ4v) is 3.61. The monoisotopic (exact) mass is 405 g/mol. The molecule has 2 aromatic rings. The molecule has 1 atom stereocenters. The largest absolute Gasteiger partial charge is 0.416 e. The maximum absolute atomic E-state index is 12.8. The first-order valence-corrected chi connectivity index (χ1v) is 9.43. The van der Waals surface area contributed by atoms with E-state index in [1.54, 1.807) is 6.07 Å². The number of aryl methyl sites for hydroxylation is 1. The Hall–Kier alpha value is -2.61. The van der Waals surface area contributed by atoms with E-state index < -0.39 is 17.0 Å². The second kappa shape index (κ2) is 8.18. The molecule has 0 saturated carbocycles. The van der Waals surface area contributed by atoms with Gasteiger partial charge in [0.1, 0.15) is 0 Å². The van der Waals surface area contributed by atoms with Gasteiger partial charge in [0.25, 0.3) is 0 Å². The van der Waals surface area contributed by atoms with Gasteiger partial charge in [-0.05, 0) is 37.5 Å². The predicted molar refractivity (Wildman–Crippen MR) is 105 cm³/mol. The Labute approximate surface area is 164 Å². The minimum atomic E-state index is -4.41. The topological polar surface area (TPSA) is 53.8 Å². The van der Waals surface area contributed by atoms with E-state index in [9.17, 15) is 18.0 Å². The Morgan fingerprint density at radius 3 is 2.57 bits per heavy atom. The maximum Gasteiger partial charge on any atom is 0.416 e. The molecule has 1 fully saturated rings. The van der Waals surface area contributed by atoms with E-state index in [0.717, 1.165) is 23.3 Å². The molecule has 28 heavy (non-hydrogen) atoms. The van der Waals surface area contributed by atoms with Crippen LogP contribution in [0.3, 0.4) is 0 Å². The van der Waals surface area contributed by atoms with E-state index in [2.05, 4.69) is 15.5 Å². The van der Waals surface area contributed by atoms with Gasteiger partial charge in [0, 0.05) is 0 Å². The van der Waals surface area contributed by atoms with Crippen LogP contribution in [-0.4, -0.2) is 22.0 Å². The molecule has 8 heteroatoms. The molecule has 1 aliphatic rings. The van der Waals surface area contributed by atoms with Crippen molar-refractivity contribution in [1.82, 2.24) is 5.32 Å². The van der Waals surface area contributed by atoms with E-state index >= 15 is 0 Å². The van der Waals surface area contributed by atoms with Crippen LogP contribution in [0.2, 0.25) is 0 Å². The lowest BCUT2D eigenvalue weighted by molar-refractivity contribution is -0.137. The van der Waals surface area contributed by atoms with Crippen molar-refractivity contribution in [3.8, 4) is 0 Å². The van der Waals surface area contributed by atoms with Gasteiger partial charge in [-0.1, -0.05) is 59.8 Å². The van der Waals surface area contributed by atoms with Gasteiger partial charge in [-0.2, -0.15) is 18.3 Å². The van der Waals surface area contributed by atoms with Gasteiger partial charge < -0.3 is 5.32 Å². The molecular formula is C20H18F3N3OS. The molecule has 0 aromatic heterocycles. The van der Waals surface area contributed by atoms with E-state index in [4.69, 9.17) is 0 Å². The molecule has 1 N–H and O–H groups in total. The summed E-state index contributed by atoms with van der Waals surface area (Å²) in [7, 11) is 0. The first-order chi connectivity index (χ1) is 13.2. The predicted octanol–water partition coefficient (Wildman–Crippen LogP) is 4.57. The number of amides is 1. The molecule has 1 unspecified atom stereocenters. The van der Waals surface area contributed by atoms with Crippen molar-refractivity contribution in [2.24, 2.45) is 10.2 Å². The number of nitrogens with zero attached hydrogens (tertiary/aromatic N) is 2. The van der Waals surface area contributed by atoms with Crippen LogP contribution in [0.4, 0.5) is 13.2 Å². The molecule has 1 heterocycles. The van der Waals surface area contributed by atoms with Crippen molar-refractivity contribution < 1.29 is 18.0 Å². The maximum atomic E-state index is 12.8. The third kappa shape index (κ3) is 5.01. The Morgan fingerprint density at radius 1 is 1.18 bits per heavy atom. The van der Waals surface area contributed by atoms with E-state index in [-0.39, 0.29) is 12.3 Å². The zero-order valence-corrected chi connectivity index (χ0v) is 16.1. The number of thioether (sulfide) groups is 1. The zero-order valence-electron chi connectivity index (χ0n) is 15.2. The van der Waals surface area contributed by atoms with E-state index in [1.807, 2.05) is 38.1 Å². The average Bonchev–Trinajstić information content (AvgIpc) is 2.99. The summed E-state index contributed by atoms with van der Waals surface area (Å²) < 4.78 is 38.5. The number of amidine groups is 1. The second-order valence-electron chi connectivity index (χ2n) is 6.45. The number of alkyl halides is 3. The molecule has 1 aliphatic heterocycles. The SMILES string of the molecule is CC(=NN=C1NC(=O)C(Cc2cccc(C(F)(F)F)c2)S1)c1ccc(C)cc1. The van der Waals surface area contributed by atoms with Crippen molar-refractivity contribution in [1.29, 1.82) is 0 Å². The molecule has 2 aromatic carbocycles. The summed E-state index contributed by atoms with van der Waals surface area (Å²) >= 11 is 1.17. The van der Waals surface area contributed by atoms with Gasteiger partial charge in [-0.3, -0.25) is 4.79 Å².